The molecule has 2 atom stereocenters. The van der Waals surface area contributed by atoms with Crippen molar-refractivity contribution in [1.82, 2.24) is 4.90 Å². The third-order valence-electron chi connectivity index (χ3n) is 5.30. The molecule has 3 rings (SSSR count). The van der Waals surface area contributed by atoms with Gasteiger partial charge in [-0.1, -0.05) is 42.5 Å². The van der Waals surface area contributed by atoms with Crippen molar-refractivity contribution >= 4 is 22.6 Å². The summed E-state index contributed by atoms with van der Waals surface area (Å²) in [5, 5.41) is 11.7. The zero-order chi connectivity index (χ0) is 17.8. The van der Waals surface area contributed by atoms with Crippen LogP contribution in [-0.4, -0.2) is 34.5 Å². The van der Waals surface area contributed by atoms with Crippen molar-refractivity contribution in [2.24, 2.45) is 5.92 Å². The topological polar surface area (TPSA) is 57.6 Å². The molecule has 1 fully saturated rings. The molecule has 0 aromatic heterocycles. The number of carboxylic acid groups (broad SMARTS) is 1. The predicted molar refractivity (Wildman–Crippen MR) is 98.4 cm³/mol. The molecule has 1 heterocycles. The van der Waals surface area contributed by atoms with Crippen LogP contribution in [0.15, 0.2) is 42.5 Å². The van der Waals surface area contributed by atoms with E-state index in [1.165, 1.54) is 16.3 Å². The summed E-state index contributed by atoms with van der Waals surface area (Å²) >= 11 is 0. The maximum absolute atomic E-state index is 12.5. The molecule has 0 aliphatic carbocycles. The summed E-state index contributed by atoms with van der Waals surface area (Å²) in [5.41, 5.74) is 1.24. The van der Waals surface area contributed by atoms with Gasteiger partial charge in [0.15, 0.2) is 0 Å². The molecule has 4 heteroatoms. The minimum absolute atomic E-state index is 0.0826. The second-order valence-corrected chi connectivity index (χ2v) is 6.95. The van der Waals surface area contributed by atoms with E-state index >= 15 is 0 Å². The van der Waals surface area contributed by atoms with E-state index in [9.17, 15) is 14.7 Å². The maximum atomic E-state index is 12.5. The molecule has 0 radical (unpaired) electrons. The molecule has 1 aliphatic heterocycles. The van der Waals surface area contributed by atoms with Crippen LogP contribution in [0.1, 0.15) is 38.2 Å². The van der Waals surface area contributed by atoms with Crippen LogP contribution in [0.5, 0.6) is 0 Å². The molecular formula is C21H25NO3. The van der Waals surface area contributed by atoms with Crippen molar-refractivity contribution < 1.29 is 14.7 Å². The molecule has 1 amide bonds. The first kappa shape index (κ1) is 17.5. The number of piperidine rings is 1. The van der Waals surface area contributed by atoms with Crippen molar-refractivity contribution in [1.29, 1.82) is 0 Å². The zero-order valence-electron chi connectivity index (χ0n) is 14.6. The van der Waals surface area contributed by atoms with Gasteiger partial charge in [-0.05, 0) is 48.9 Å². The Hall–Kier alpha value is -2.36. The molecule has 0 bridgehead atoms. The van der Waals surface area contributed by atoms with Crippen molar-refractivity contribution in [3.05, 3.63) is 48.0 Å². The zero-order valence-corrected chi connectivity index (χ0v) is 14.6. The summed E-state index contributed by atoms with van der Waals surface area (Å²) in [7, 11) is 0. The second kappa shape index (κ2) is 7.68. The standard InChI is InChI=1S/C21H25NO3/c1-15-19(21(24)25)9-5-13-22(15)20(23)10-4-6-16-11-12-17-7-2-3-8-18(17)14-16/h2-3,7-8,11-12,14-15,19H,4-6,9-10,13H2,1H3,(H,24,25)/t15-,19-/m1/s1. The molecule has 0 spiro atoms. The average Bonchev–Trinajstić information content (AvgIpc) is 2.61. The molecule has 1 aliphatic rings. The highest BCUT2D eigenvalue weighted by Gasteiger charge is 2.34. The van der Waals surface area contributed by atoms with Gasteiger partial charge >= 0.3 is 5.97 Å². The first-order valence-corrected chi connectivity index (χ1v) is 9.06. The molecule has 132 valence electrons. The van der Waals surface area contributed by atoms with Gasteiger partial charge in [0, 0.05) is 19.0 Å². The number of hydrogen-bond donors (Lipinski definition) is 1. The first-order valence-electron chi connectivity index (χ1n) is 9.06. The summed E-state index contributed by atoms with van der Waals surface area (Å²) in [6.45, 7) is 2.54. The van der Waals surface area contributed by atoms with Gasteiger partial charge in [0.05, 0.1) is 5.92 Å². The number of carbonyl (C=O) groups is 2. The number of aliphatic carboxylic acids is 1. The van der Waals surface area contributed by atoms with Crippen LogP contribution in [0.2, 0.25) is 0 Å². The van der Waals surface area contributed by atoms with Crippen molar-refractivity contribution in [2.75, 3.05) is 6.54 Å². The summed E-state index contributed by atoms with van der Waals surface area (Å²) < 4.78 is 0. The van der Waals surface area contributed by atoms with Crippen LogP contribution < -0.4 is 0 Å². The minimum atomic E-state index is -0.791. The molecule has 4 nitrogen and oxygen atoms in total. The van der Waals surface area contributed by atoms with E-state index in [-0.39, 0.29) is 11.9 Å². The number of amides is 1. The first-order chi connectivity index (χ1) is 12.1. The van der Waals surface area contributed by atoms with Crippen LogP contribution in [-0.2, 0) is 16.0 Å². The van der Waals surface area contributed by atoms with Crippen LogP contribution in [0.25, 0.3) is 10.8 Å². The van der Waals surface area contributed by atoms with Gasteiger partial charge in [0.2, 0.25) is 5.91 Å². The highest BCUT2D eigenvalue weighted by Crippen LogP contribution is 2.25. The highest BCUT2D eigenvalue weighted by molar-refractivity contribution is 5.83. The van der Waals surface area contributed by atoms with Crippen molar-refractivity contribution in [2.45, 2.75) is 45.1 Å². The molecule has 0 unspecified atom stereocenters. The highest BCUT2D eigenvalue weighted by atomic mass is 16.4. The molecule has 0 saturated carbocycles. The smallest absolute Gasteiger partial charge is 0.308 e. The third kappa shape index (κ3) is 4.01. The molecule has 25 heavy (non-hydrogen) atoms. The second-order valence-electron chi connectivity index (χ2n) is 6.95. The Balaban J connectivity index is 1.55. The third-order valence-corrected chi connectivity index (χ3v) is 5.30. The average molecular weight is 339 g/mol. The lowest BCUT2D eigenvalue weighted by molar-refractivity contribution is -0.149. The lowest BCUT2D eigenvalue weighted by Gasteiger charge is -2.37. The number of nitrogens with zero attached hydrogens (tertiary/aromatic N) is 1. The Kier molecular flexibility index (Phi) is 5.37. The maximum Gasteiger partial charge on any atom is 0.308 e. The normalized spacial score (nSPS) is 20.6. The fraction of sp³-hybridized carbons (Fsp3) is 0.429. The monoisotopic (exact) mass is 339 g/mol. The molecular weight excluding hydrogens is 314 g/mol. The largest absolute Gasteiger partial charge is 0.481 e. The Labute approximate surface area is 148 Å². The number of rotatable bonds is 5. The Morgan fingerprint density at radius 1 is 1.16 bits per heavy atom. The number of benzene rings is 2. The molecule has 2 aromatic rings. The number of carboxylic acids is 1. The summed E-state index contributed by atoms with van der Waals surface area (Å²) in [6, 6.07) is 14.5. The minimum Gasteiger partial charge on any atom is -0.481 e. The summed E-state index contributed by atoms with van der Waals surface area (Å²) in [4.78, 5) is 25.6. The number of hydrogen-bond acceptors (Lipinski definition) is 2. The van der Waals surface area contributed by atoms with Crippen LogP contribution in [0, 0.1) is 5.92 Å². The SMILES string of the molecule is C[C@@H]1[C@H](C(=O)O)CCCN1C(=O)CCCc1ccc2ccccc2c1. The van der Waals surface area contributed by atoms with E-state index in [4.69, 9.17) is 0 Å². The van der Waals surface area contributed by atoms with Crippen LogP contribution >= 0.6 is 0 Å². The fourth-order valence-electron chi connectivity index (χ4n) is 3.81. The van der Waals surface area contributed by atoms with Gasteiger partial charge in [0.1, 0.15) is 0 Å². The van der Waals surface area contributed by atoms with E-state index in [1.807, 2.05) is 19.1 Å². The van der Waals surface area contributed by atoms with E-state index < -0.39 is 11.9 Å². The Bertz CT molecular complexity index is 771. The number of carbonyl (C=O) groups excluding carboxylic acids is 1. The number of likely N-dealkylation sites (tertiary alicyclic amines) is 1. The van der Waals surface area contributed by atoms with Gasteiger partial charge in [-0.2, -0.15) is 0 Å². The van der Waals surface area contributed by atoms with E-state index in [0.29, 0.717) is 19.4 Å². The van der Waals surface area contributed by atoms with Gasteiger partial charge < -0.3 is 10.0 Å². The quantitative estimate of drug-likeness (QED) is 0.899. The van der Waals surface area contributed by atoms with Crippen molar-refractivity contribution in [3.8, 4) is 0 Å². The molecule has 1 saturated heterocycles. The predicted octanol–water partition coefficient (Wildman–Crippen LogP) is 3.87. The van der Waals surface area contributed by atoms with E-state index in [2.05, 4.69) is 30.3 Å². The van der Waals surface area contributed by atoms with Gasteiger partial charge in [0.25, 0.3) is 0 Å². The van der Waals surface area contributed by atoms with Crippen LogP contribution in [0.4, 0.5) is 0 Å². The molecule has 2 aromatic carbocycles. The number of fused-ring (bicyclic) bond motifs is 1. The Morgan fingerprint density at radius 2 is 1.92 bits per heavy atom. The number of aryl methyl sites for hydroxylation is 1. The van der Waals surface area contributed by atoms with Crippen molar-refractivity contribution in [3.63, 3.8) is 0 Å². The van der Waals surface area contributed by atoms with Gasteiger partial charge in [-0.3, -0.25) is 9.59 Å². The van der Waals surface area contributed by atoms with Crippen LogP contribution in [0.3, 0.4) is 0 Å². The van der Waals surface area contributed by atoms with E-state index in [1.54, 1.807) is 4.90 Å². The van der Waals surface area contributed by atoms with E-state index in [0.717, 1.165) is 19.3 Å². The lowest BCUT2D eigenvalue weighted by atomic mass is 9.90. The van der Waals surface area contributed by atoms with Gasteiger partial charge in [-0.25, -0.2) is 0 Å². The lowest BCUT2D eigenvalue weighted by Crippen LogP contribution is -2.49. The summed E-state index contributed by atoms with van der Waals surface area (Å²) in [6.07, 6.45) is 3.57. The fourth-order valence-corrected chi connectivity index (χ4v) is 3.81. The van der Waals surface area contributed by atoms with Gasteiger partial charge in [-0.15, -0.1) is 0 Å². The Morgan fingerprint density at radius 3 is 2.68 bits per heavy atom. The summed E-state index contributed by atoms with van der Waals surface area (Å²) in [5.74, 6) is -1.14. The molecule has 1 N–H and O–H groups in total.